The number of nitrogens with one attached hydrogen (secondary N) is 1. The average molecular weight is 423 g/mol. The zero-order valence-corrected chi connectivity index (χ0v) is 17.4. The third-order valence-electron chi connectivity index (χ3n) is 6.39. The Morgan fingerprint density at radius 3 is 2.53 bits per heavy atom. The minimum absolute atomic E-state index is 0.124. The van der Waals surface area contributed by atoms with E-state index in [0.717, 1.165) is 16.9 Å². The molecule has 1 N–H and O–H groups in total. The number of likely N-dealkylation sites (tertiary alicyclic amines) is 1. The molecule has 3 aliphatic rings. The third kappa shape index (κ3) is 2.78. The van der Waals surface area contributed by atoms with Gasteiger partial charge in [-0.15, -0.1) is 11.3 Å². The number of benzene rings is 1. The van der Waals surface area contributed by atoms with E-state index in [2.05, 4.69) is 10.3 Å². The molecule has 2 bridgehead atoms. The Hall–Kier alpha value is -3.00. The number of fused-ring (bicyclic) bond motifs is 5. The molecule has 5 atom stereocenters. The van der Waals surface area contributed by atoms with E-state index in [1.54, 1.807) is 14.0 Å². The van der Waals surface area contributed by atoms with Gasteiger partial charge in [-0.05, 0) is 37.3 Å². The lowest BCUT2D eigenvalue weighted by molar-refractivity contribution is -0.146. The van der Waals surface area contributed by atoms with Crippen molar-refractivity contribution in [1.29, 1.82) is 0 Å². The summed E-state index contributed by atoms with van der Waals surface area (Å²) in [6.45, 7) is 1.59. The summed E-state index contributed by atoms with van der Waals surface area (Å²) in [5, 5.41) is 5.00. The molecule has 0 spiro atoms. The molecule has 7 nitrogen and oxygen atoms in total. The molecule has 3 amide bonds. The number of ether oxygens (including phenoxy) is 1. The van der Waals surface area contributed by atoms with Crippen molar-refractivity contribution in [1.82, 2.24) is 9.88 Å². The number of nitrogens with zero attached hydrogens (tertiary/aromatic N) is 2. The molecule has 0 unspecified atom stereocenters. The first kappa shape index (κ1) is 19.0. The van der Waals surface area contributed by atoms with E-state index in [0.29, 0.717) is 16.6 Å². The fourth-order valence-electron chi connectivity index (χ4n) is 4.95. The Balaban J connectivity index is 1.31. The maximum absolute atomic E-state index is 12.9. The second kappa shape index (κ2) is 7.05. The molecule has 2 aliphatic carbocycles. The number of carbonyl (C=O) groups excluding carboxylic acids is 3. The molecule has 8 heteroatoms. The topological polar surface area (TPSA) is 88.6 Å². The van der Waals surface area contributed by atoms with Crippen LogP contribution in [0.15, 0.2) is 41.8 Å². The van der Waals surface area contributed by atoms with Crippen molar-refractivity contribution in [2.45, 2.75) is 19.4 Å². The molecule has 2 fully saturated rings. The SMILES string of the molecule is COc1ccccc1-c1csc(NC(=O)[C@H](C)N2C(=O)[C@@H]3[C@H](C2=O)[C@H]2C=C[C@H]3C2)n1. The zero-order chi connectivity index (χ0) is 21.0. The van der Waals surface area contributed by atoms with Crippen molar-refractivity contribution in [2.24, 2.45) is 23.7 Å². The summed E-state index contributed by atoms with van der Waals surface area (Å²) in [5.74, 6) is -0.538. The minimum Gasteiger partial charge on any atom is -0.496 e. The molecule has 1 aliphatic heterocycles. The Labute approximate surface area is 177 Å². The van der Waals surface area contributed by atoms with Crippen molar-refractivity contribution in [3.05, 3.63) is 41.8 Å². The number of aromatic nitrogens is 1. The first-order valence-electron chi connectivity index (χ1n) is 9.94. The van der Waals surface area contributed by atoms with Gasteiger partial charge in [0.2, 0.25) is 17.7 Å². The van der Waals surface area contributed by atoms with Crippen molar-refractivity contribution in [3.8, 4) is 17.0 Å². The van der Waals surface area contributed by atoms with Crippen LogP contribution in [0.3, 0.4) is 0 Å². The van der Waals surface area contributed by atoms with Gasteiger partial charge in [-0.2, -0.15) is 0 Å². The van der Waals surface area contributed by atoms with E-state index in [1.165, 1.54) is 11.3 Å². The van der Waals surface area contributed by atoms with E-state index in [1.807, 2.05) is 41.8 Å². The number of carbonyl (C=O) groups is 3. The summed E-state index contributed by atoms with van der Waals surface area (Å²) in [5.41, 5.74) is 1.51. The lowest BCUT2D eigenvalue weighted by Crippen LogP contribution is -2.46. The number of para-hydroxylation sites is 1. The molecule has 1 saturated heterocycles. The monoisotopic (exact) mass is 423 g/mol. The van der Waals surface area contributed by atoms with E-state index in [-0.39, 0.29) is 35.5 Å². The number of thiazole rings is 1. The van der Waals surface area contributed by atoms with Crippen LogP contribution in [-0.4, -0.2) is 40.8 Å². The van der Waals surface area contributed by atoms with Crippen molar-refractivity contribution < 1.29 is 19.1 Å². The molecule has 1 aromatic carbocycles. The van der Waals surface area contributed by atoms with Crippen molar-refractivity contribution in [2.75, 3.05) is 12.4 Å². The number of allylic oxidation sites excluding steroid dienone is 2. The van der Waals surface area contributed by atoms with Crippen molar-refractivity contribution >= 4 is 34.2 Å². The summed E-state index contributed by atoms with van der Waals surface area (Å²) in [4.78, 5) is 44.3. The number of methoxy groups -OCH3 is 1. The van der Waals surface area contributed by atoms with Gasteiger partial charge in [-0.3, -0.25) is 19.3 Å². The lowest BCUT2D eigenvalue weighted by Gasteiger charge is -2.23. The van der Waals surface area contributed by atoms with Gasteiger partial charge in [-0.25, -0.2) is 4.98 Å². The minimum atomic E-state index is -0.881. The fraction of sp³-hybridized carbons (Fsp3) is 0.364. The fourth-order valence-corrected chi connectivity index (χ4v) is 5.66. The smallest absolute Gasteiger partial charge is 0.249 e. The molecule has 2 aromatic rings. The Morgan fingerprint density at radius 1 is 1.20 bits per heavy atom. The normalized spacial score (nSPS) is 27.5. The average Bonchev–Trinajstić information content (AvgIpc) is 3.52. The van der Waals surface area contributed by atoms with Crippen LogP contribution in [0.1, 0.15) is 13.3 Å². The van der Waals surface area contributed by atoms with Gasteiger partial charge in [0.05, 0.1) is 24.6 Å². The Bertz CT molecular complexity index is 1050. The van der Waals surface area contributed by atoms with Crippen LogP contribution in [0.4, 0.5) is 5.13 Å². The first-order valence-corrected chi connectivity index (χ1v) is 10.8. The Kier molecular flexibility index (Phi) is 4.47. The zero-order valence-electron chi connectivity index (χ0n) is 16.6. The largest absolute Gasteiger partial charge is 0.496 e. The van der Waals surface area contributed by atoms with Gasteiger partial charge in [0.1, 0.15) is 11.8 Å². The highest BCUT2D eigenvalue weighted by molar-refractivity contribution is 7.14. The van der Waals surface area contributed by atoms with Gasteiger partial charge in [0.15, 0.2) is 5.13 Å². The maximum Gasteiger partial charge on any atom is 0.249 e. The van der Waals surface area contributed by atoms with Crippen LogP contribution in [0.5, 0.6) is 5.75 Å². The summed E-state index contributed by atoms with van der Waals surface area (Å²) >= 11 is 1.28. The molecule has 0 radical (unpaired) electrons. The van der Waals surface area contributed by atoms with Gasteiger partial charge in [0, 0.05) is 10.9 Å². The van der Waals surface area contributed by atoms with Crippen LogP contribution in [-0.2, 0) is 14.4 Å². The second-order valence-electron chi connectivity index (χ2n) is 7.95. The summed E-state index contributed by atoms with van der Waals surface area (Å²) in [7, 11) is 1.59. The maximum atomic E-state index is 12.9. The second-order valence-corrected chi connectivity index (χ2v) is 8.81. The van der Waals surface area contributed by atoms with E-state index in [9.17, 15) is 14.4 Å². The Morgan fingerprint density at radius 2 is 1.87 bits per heavy atom. The molecule has 5 rings (SSSR count). The number of amides is 3. The molecule has 154 valence electrons. The van der Waals surface area contributed by atoms with Gasteiger partial charge < -0.3 is 10.1 Å². The highest BCUT2D eigenvalue weighted by atomic mass is 32.1. The van der Waals surface area contributed by atoms with Gasteiger partial charge >= 0.3 is 0 Å². The standard InChI is InChI=1S/C22H21N3O4S/c1-11(25-20(27)17-12-7-8-13(9-12)18(17)21(25)28)19(26)24-22-23-15(10-30-22)14-5-3-4-6-16(14)29-2/h3-8,10-13,17-18H,9H2,1-2H3,(H,23,24,26)/t11-,12-,13-,17-,18+/m0/s1. The molecule has 2 heterocycles. The predicted octanol–water partition coefficient (Wildman–Crippen LogP) is 2.95. The van der Waals surface area contributed by atoms with E-state index in [4.69, 9.17) is 4.74 Å². The highest BCUT2D eigenvalue weighted by Crippen LogP contribution is 2.52. The molecular weight excluding hydrogens is 402 g/mol. The quantitative estimate of drug-likeness (QED) is 0.590. The number of hydrogen-bond acceptors (Lipinski definition) is 6. The van der Waals surface area contributed by atoms with Crippen LogP contribution in [0, 0.1) is 23.7 Å². The van der Waals surface area contributed by atoms with Gasteiger partial charge in [-0.1, -0.05) is 24.3 Å². The molecule has 30 heavy (non-hydrogen) atoms. The van der Waals surface area contributed by atoms with Crippen LogP contribution < -0.4 is 10.1 Å². The number of rotatable bonds is 5. The molecule has 1 saturated carbocycles. The number of anilines is 1. The number of hydrogen-bond donors (Lipinski definition) is 1. The highest BCUT2D eigenvalue weighted by Gasteiger charge is 2.60. The van der Waals surface area contributed by atoms with E-state index < -0.39 is 11.9 Å². The lowest BCUT2D eigenvalue weighted by atomic mass is 9.85. The van der Waals surface area contributed by atoms with E-state index >= 15 is 0 Å². The molecular formula is C22H21N3O4S. The molecule has 1 aromatic heterocycles. The van der Waals surface area contributed by atoms with Gasteiger partial charge in [0.25, 0.3) is 0 Å². The van der Waals surface area contributed by atoms with Crippen LogP contribution in [0.2, 0.25) is 0 Å². The predicted molar refractivity (Wildman–Crippen MR) is 112 cm³/mol. The van der Waals surface area contributed by atoms with Crippen LogP contribution in [0.25, 0.3) is 11.3 Å². The summed E-state index contributed by atoms with van der Waals surface area (Å²) < 4.78 is 5.37. The summed E-state index contributed by atoms with van der Waals surface area (Å²) in [6.07, 6.45) is 4.95. The summed E-state index contributed by atoms with van der Waals surface area (Å²) in [6, 6.07) is 6.62. The van der Waals surface area contributed by atoms with Crippen LogP contribution >= 0.6 is 11.3 Å². The first-order chi connectivity index (χ1) is 14.5. The number of imide groups is 1. The van der Waals surface area contributed by atoms with Crippen molar-refractivity contribution in [3.63, 3.8) is 0 Å². The third-order valence-corrected chi connectivity index (χ3v) is 7.15.